The molecule has 118 valence electrons. The fraction of sp³-hybridized carbons (Fsp3) is 0.357. The standard InChI is InChI=1S/C14H16N2O5S/c17-14(18)9-6-12-11(3-4-15-12)13(7-9)22(19,20)16-8-10-2-1-5-21-10/h3-4,6-7,10,15-16H,1-2,5,8H2,(H,17,18). The van der Waals surface area contributed by atoms with Crippen LogP contribution in [0, 0.1) is 0 Å². The smallest absolute Gasteiger partial charge is 0.335 e. The number of benzene rings is 1. The van der Waals surface area contributed by atoms with Crippen LogP contribution in [0.25, 0.3) is 10.9 Å². The van der Waals surface area contributed by atoms with E-state index in [1.165, 1.54) is 12.1 Å². The molecular formula is C14H16N2O5S. The maximum absolute atomic E-state index is 12.5. The van der Waals surface area contributed by atoms with Crippen molar-refractivity contribution in [3.8, 4) is 0 Å². The molecular weight excluding hydrogens is 308 g/mol. The van der Waals surface area contributed by atoms with Gasteiger partial charge in [0.15, 0.2) is 0 Å². The van der Waals surface area contributed by atoms with Crippen molar-refractivity contribution in [2.75, 3.05) is 13.2 Å². The van der Waals surface area contributed by atoms with Crippen molar-refractivity contribution >= 4 is 26.9 Å². The number of carbonyl (C=O) groups is 1. The van der Waals surface area contributed by atoms with Crippen LogP contribution in [0.1, 0.15) is 23.2 Å². The summed E-state index contributed by atoms with van der Waals surface area (Å²) in [6, 6.07) is 4.20. The fourth-order valence-corrected chi connectivity index (χ4v) is 3.87. The van der Waals surface area contributed by atoms with Crippen LogP contribution in [0.3, 0.4) is 0 Å². The number of rotatable bonds is 5. The summed E-state index contributed by atoms with van der Waals surface area (Å²) in [4.78, 5) is 14.0. The third-order valence-corrected chi connectivity index (χ3v) is 5.16. The summed E-state index contributed by atoms with van der Waals surface area (Å²) in [7, 11) is -3.81. The largest absolute Gasteiger partial charge is 0.478 e. The number of ether oxygens (including phenoxy) is 1. The zero-order valence-corrected chi connectivity index (χ0v) is 12.5. The van der Waals surface area contributed by atoms with Crippen molar-refractivity contribution in [2.45, 2.75) is 23.8 Å². The minimum Gasteiger partial charge on any atom is -0.478 e. The number of aromatic amines is 1. The second-order valence-corrected chi connectivity index (χ2v) is 6.94. The van der Waals surface area contributed by atoms with Crippen molar-refractivity contribution in [3.05, 3.63) is 30.0 Å². The van der Waals surface area contributed by atoms with Gasteiger partial charge < -0.3 is 14.8 Å². The highest BCUT2D eigenvalue weighted by Crippen LogP contribution is 2.24. The molecule has 7 nitrogen and oxygen atoms in total. The van der Waals surface area contributed by atoms with Gasteiger partial charge in [-0.15, -0.1) is 0 Å². The molecule has 22 heavy (non-hydrogen) atoms. The van der Waals surface area contributed by atoms with Crippen LogP contribution in [0.5, 0.6) is 0 Å². The Labute approximate surface area is 127 Å². The van der Waals surface area contributed by atoms with Crippen LogP contribution in [-0.2, 0) is 14.8 Å². The van der Waals surface area contributed by atoms with E-state index in [2.05, 4.69) is 9.71 Å². The van der Waals surface area contributed by atoms with Crippen LogP contribution >= 0.6 is 0 Å². The predicted molar refractivity (Wildman–Crippen MR) is 79.4 cm³/mol. The monoisotopic (exact) mass is 324 g/mol. The molecule has 1 saturated heterocycles. The number of nitrogens with one attached hydrogen (secondary N) is 2. The first-order valence-corrected chi connectivity index (χ1v) is 8.41. The van der Waals surface area contributed by atoms with Gasteiger partial charge in [0.1, 0.15) is 0 Å². The molecule has 1 unspecified atom stereocenters. The fourth-order valence-electron chi connectivity index (χ4n) is 2.56. The highest BCUT2D eigenvalue weighted by atomic mass is 32.2. The molecule has 1 aromatic carbocycles. The average Bonchev–Trinajstić information content (AvgIpc) is 3.15. The van der Waals surface area contributed by atoms with Crippen LogP contribution in [-0.4, -0.2) is 43.7 Å². The number of aromatic carboxylic acids is 1. The lowest BCUT2D eigenvalue weighted by Gasteiger charge is -2.12. The van der Waals surface area contributed by atoms with E-state index in [-0.39, 0.29) is 23.1 Å². The molecule has 3 rings (SSSR count). The van der Waals surface area contributed by atoms with E-state index in [4.69, 9.17) is 9.84 Å². The third kappa shape index (κ3) is 2.85. The molecule has 1 atom stereocenters. The number of aromatic nitrogens is 1. The van der Waals surface area contributed by atoms with Gasteiger partial charge >= 0.3 is 5.97 Å². The zero-order valence-electron chi connectivity index (χ0n) is 11.7. The Hall–Kier alpha value is -1.90. The van der Waals surface area contributed by atoms with Gasteiger partial charge in [0.05, 0.1) is 16.6 Å². The van der Waals surface area contributed by atoms with E-state index in [9.17, 15) is 13.2 Å². The Kier molecular flexibility index (Phi) is 3.90. The molecule has 3 N–H and O–H groups in total. The zero-order chi connectivity index (χ0) is 15.7. The van der Waals surface area contributed by atoms with Crippen molar-refractivity contribution in [3.63, 3.8) is 0 Å². The van der Waals surface area contributed by atoms with Gasteiger partial charge in [-0.05, 0) is 31.0 Å². The van der Waals surface area contributed by atoms with Crippen molar-refractivity contribution in [1.29, 1.82) is 0 Å². The van der Waals surface area contributed by atoms with Crippen LogP contribution in [0.15, 0.2) is 29.3 Å². The first kappa shape index (κ1) is 15.0. The Morgan fingerprint density at radius 1 is 1.45 bits per heavy atom. The first-order chi connectivity index (χ1) is 10.5. The molecule has 2 aromatic rings. The first-order valence-electron chi connectivity index (χ1n) is 6.93. The Bertz CT molecular complexity index is 806. The molecule has 1 fully saturated rings. The summed E-state index contributed by atoms with van der Waals surface area (Å²) in [5, 5.41) is 9.59. The van der Waals surface area contributed by atoms with Gasteiger partial charge in [0.2, 0.25) is 10.0 Å². The van der Waals surface area contributed by atoms with Crippen LogP contribution in [0.4, 0.5) is 0 Å². The van der Waals surface area contributed by atoms with Crippen molar-refractivity contribution in [1.82, 2.24) is 9.71 Å². The summed E-state index contributed by atoms with van der Waals surface area (Å²) >= 11 is 0. The molecule has 1 aliphatic rings. The highest BCUT2D eigenvalue weighted by molar-refractivity contribution is 7.89. The normalized spacial score (nSPS) is 18.8. The Morgan fingerprint density at radius 3 is 2.95 bits per heavy atom. The summed E-state index contributed by atoms with van der Waals surface area (Å²) in [6.07, 6.45) is 3.19. The lowest BCUT2D eigenvalue weighted by molar-refractivity contribution is 0.0696. The molecule has 0 aliphatic carbocycles. The molecule has 0 radical (unpaired) electrons. The minimum absolute atomic E-state index is 0.0401. The van der Waals surface area contributed by atoms with Crippen molar-refractivity contribution in [2.24, 2.45) is 0 Å². The van der Waals surface area contributed by atoms with Crippen molar-refractivity contribution < 1.29 is 23.1 Å². The number of fused-ring (bicyclic) bond motifs is 1. The summed E-state index contributed by atoms with van der Waals surface area (Å²) in [6.45, 7) is 0.828. The van der Waals surface area contributed by atoms with Gasteiger partial charge in [-0.1, -0.05) is 0 Å². The Morgan fingerprint density at radius 2 is 2.27 bits per heavy atom. The number of hydrogen-bond donors (Lipinski definition) is 3. The molecule has 0 spiro atoms. The third-order valence-electron chi connectivity index (χ3n) is 3.69. The van der Waals surface area contributed by atoms with Gasteiger partial charge in [0, 0.05) is 30.3 Å². The van der Waals surface area contributed by atoms with E-state index in [0.717, 1.165) is 12.8 Å². The molecule has 1 aromatic heterocycles. The molecule has 1 aliphatic heterocycles. The van der Waals surface area contributed by atoms with Gasteiger partial charge in [0.25, 0.3) is 0 Å². The minimum atomic E-state index is -3.81. The summed E-state index contributed by atoms with van der Waals surface area (Å²) in [5.41, 5.74) is 0.393. The number of H-pyrrole nitrogens is 1. The number of sulfonamides is 1. The van der Waals surface area contributed by atoms with Gasteiger partial charge in [-0.3, -0.25) is 0 Å². The molecule has 0 bridgehead atoms. The maximum atomic E-state index is 12.5. The number of hydrogen-bond acceptors (Lipinski definition) is 4. The van der Waals surface area contributed by atoms with Gasteiger partial charge in [-0.25, -0.2) is 17.9 Å². The topological polar surface area (TPSA) is 108 Å². The average molecular weight is 324 g/mol. The molecule has 0 amide bonds. The second kappa shape index (κ2) is 5.71. The molecule has 8 heteroatoms. The van der Waals surface area contributed by atoms with Crippen LogP contribution < -0.4 is 4.72 Å². The molecule has 0 saturated carbocycles. The summed E-state index contributed by atoms with van der Waals surface area (Å²) in [5.74, 6) is -1.17. The van der Waals surface area contributed by atoms with Gasteiger partial charge in [-0.2, -0.15) is 0 Å². The van der Waals surface area contributed by atoms with Crippen LogP contribution in [0.2, 0.25) is 0 Å². The van der Waals surface area contributed by atoms with E-state index in [1.54, 1.807) is 12.3 Å². The van der Waals surface area contributed by atoms with E-state index < -0.39 is 16.0 Å². The Balaban J connectivity index is 1.96. The quantitative estimate of drug-likeness (QED) is 0.769. The summed E-state index contributed by atoms with van der Waals surface area (Å²) < 4.78 is 32.9. The van der Waals surface area contributed by atoms with E-state index in [1.807, 2.05) is 0 Å². The highest BCUT2D eigenvalue weighted by Gasteiger charge is 2.23. The van der Waals surface area contributed by atoms with E-state index >= 15 is 0 Å². The molecule has 2 heterocycles. The number of carboxylic acids is 1. The number of carboxylic acid groups (broad SMARTS) is 1. The van der Waals surface area contributed by atoms with E-state index in [0.29, 0.717) is 17.5 Å². The maximum Gasteiger partial charge on any atom is 0.335 e. The second-order valence-electron chi connectivity index (χ2n) is 5.21. The predicted octanol–water partition coefficient (Wildman–Crippen LogP) is 1.32. The lowest BCUT2D eigenvalue weighted by atomic mass is 10.1. The SMILES string of the molecule is O=C(O)c1cc(S(=O)(=O)NCC2CCCO2)c2cc[nH]c2c1. The lowest BCUT2D eigenvalue weighted by Crippen LogP contribution is -2.32.